The fourth-order valence-corrected chi connectivity index (χ4v) is 2.12. The van der Waals surface area contributed by atoms with Gasteiger partial charge >= 0.3 is 0 Å². The average Bonchev–Trinajstić information content (AvgIpc) is 2.91. The van der Waals surface area contributed by atoms with Crippen LogP contribution in [0.15, 0.2) is 59.0 Å². The van der Waals surface area contributed by atoms with Gasteiger partial charge < -0.3 is 9.15 Å². The first-order valence-electron chi connectivity index (χ1n) is 6.13. The lowest BCUT2D eigenvalue weighted by atomic mass is 10.2. The molecule has 3 rings (SSSR count). The number of furan rings is 1. The van der Waals surface area contributed by atoms with E-state index >= 15 is 0 Å². The second-order valence-electron chi connectivity index (χ2n) is 4.29. The number of para-hydroxylation sites is 2. The van der Waals surface area contributed by atoms with Gasteiger partial charge in [-0.2, -0.15) is 0 Å². The normalized spacial score (nSPS) is 10.7. The second-order valence-corrected chi connectivity index (χ2v) is 4.70. The van der Waals surface area contributed by atoms with Gasteiger partial charge in [-0.15, -0.1) is 0 Å². The Labute approximate surface area is 120 Å². The Kier molecular flexibility index (Phi) is 3.44. The van der Waals surface area contributed by atoms with Crippen molar-refractivity contribution in [1.82, 2.24) is 0 Å². The van der Waals surface area contributed by atoms with E-state index in [1.54, 1.807) is 24.3 Å². The summed E-state index contributed by atoms with van der Waals surface area (Å²) in [6, 6.07) is 16.2. The molecule has 100 valence electrons. The van der Waals surface area contributed by atoms with Crippen molar-refractivity contribution in [3.05, 3.63) is 65.4 Å². The predicted molar refractivity (Wildman–Crippen MR) is 77.5 cm³/mol. The van der Waals surface area contributed by atoms with Gasteiger partial charge in [0, 0.05) is 5.39 Å². The average molecular weight is 287 g/mol. The number of ether oxygens (including phenoxy) is 1. The van der Waals surface area contributed by atoms with Crippen molar-refractivity contribution < 1.29 is 13.9 Å². The highest BCUT2D eigenvalue weighted by Gasteiger charge is 2.14. The molecule has 0 saturated carbocycles. The van der Waals surface area contributed by atoms with Crippen molar-refractivity contribution in [2.45, 2.75) is 0 Å². The number of carbonyl (C=O) groups excluding carboxylic acids is 1. The summed E-state index contributed by atoms with van der Waals surface area (Å²) in [5.74, 6) is 0.681. The smallest absolute Gasteiger partial charge is 0.235 e. The quantitative estimate of drug-likeness (QED) is 0.669. The minimum atomic E-state index is -0.221. The van der Waals surface area contributed by atoms with Crippen LogP contribution in [0.4, 0.5) is 0 Å². The summed E-state index contributed by atoms with van der Waals surface area (Å²) in [6.07, 6.45) is 0. The first-order valence-corrected chi connectivity index (χ1v) is 6.51. The number of hydrogen-bond donors (Lipinski definition) is 0. The maximum Gasteiger partial charge on any atom is 0.235 e. The Morgan fingerprint density at radius 1 is 1.10 bits per heavy atom. The van der Waals surface area contributed by atoms with E-state index in [4.69, 9.17) is 20.8 Å². The fourth-order valence-electron chi connectivity index (χ4n) is 1.90. The van der Waals surface area contributed by atoms with Gasteiger partial charge in [-0.05, 0) is 24.3 Å². The van der Waals surface area contributed by atoms with Crippen LogP contribution in [-0.4, -0.2) is 12.4 Å². The maximum absolute atomic E-state index is 12.0. The first kappa shape index (κ1) is 12.8. The van der Waals surface area contributed by atoms with Gasteiger partial charge in [0.25, 0.3) is 0 Å². The monoisotopic (exact) mass is 286 g/mol. The number of Topliss-reactive ketones (excluding diaryl/α,β-unsaturated/α-hetero) is 1. The summed E-state index contributed by atoms with van der Waals surface area (Å²) in [4.78, 5) is 12.0. The number of ketones is 1. The number of benzene rings is 2. The molecule has 0 amide bonds. The summed E-state index contributed by atoms with van der Waals surface area (Å²) in [6.45, 7) is -0.0680. The summed E-state index contributed by atoms with van der Waals surface area (Å²) in [7, 11) is 0. The van der Waals surface area contributed by atoms with E-state index in [0.29, 0.717) is 16.4 Å². The van der Waals surface area contributed by atoms with Gasteiger partial charge in [0.05, 0.1) is 5.02 Å². The van der Waals surface area contributed by atoms with E-state index in [-0.39, 0.29) is 18.2 Å². The summed E-state index contributed by atoms with van der Waals surface area (Å²) >= 11 is 6.01. The van der Waals surface area contributed by atoms with Crippen molar-refractivity contribution in [2.75, 3.05) is 6.61 Å². The molecule has 0 fully saturated rings. The van der Waals surface area contributed by atoms with E-state index in [9.17, 15) is 4.79 Å². The van der Waals surface area contributed by atoms with Crippen molar-refractivity contribution >= 4 is 28.4 Å². The molecule has 0 aliphatic rings. The van der Waals surface area contributed by atoms with E-state index in [2.05, 4.69) is 0 Å². The molecule has 2 aromatic carbocycles. The molecule has 1 aromatic heterocycles. The molecule has 0 aliphatic heterocycles. The van der Waals surface area contributed by atoms with Gasteiger partial charge in [0.1, 0.15) is 5.75 Å². The van der Waals surface area contributed by atoms with Crippen LogP contribution >= 0.6 is 11.6 Å². The zero-order chi connectivity index (χ0) is 13.9. The number of rotatable bonds is 4. The zero-order valence-electron chi connectivity index (χ0n) is 10.5. The van der Waals surface area contributed by atoms with Gasteiger partial charge in [-0.1, -0.05) is 41.9 Å². The third kappa shape index (κ3) is 2.53. The molecule has 0 bridgehead atoms. The molecule has 20 heavy (non-hydrogen) atoms. The topological polar surface area (TPSA) is 39.4 Å². The second kappa shape index (κ2) is 5.39. The lowest BCUT2D eigenvalue weighted by Crippen LogP contribution is -2.10. The molecule has 0 radical (unpaired) electrons. The highest BCUT2D eigenvalue weighted by molar-refractivity contribution is 6.34. The third-order valence-corrected chi connectivity index (χ3v) is 3.18. The molecule has 0 aliphatic carbocycles. The van der Waals surface area contributed by atoms with Crippen LogP contribution in [-0.2, 0) is 0 Å². The number of carbonyl (C=O) groups is 1. The molecule has 0 spiro atoms. The molecule has 0 N–H and O–H groups in total. The van der Waals surface area contributed by atoms with Crippen LogP contribution in [0.1, 0.15) is 10.6 Å². The van der Waals surface area contributed by atoms with Crippen LogP contribution in [0, 0.1) is 0 Å². The Morgan fingerprint density at radius 3 is 2.65 bits per heavy atom. The van der Waals surface area contributed by atoms with Gasteiger partial charge in [-0.25, -0.2) is 0 Å². The Morgan fingerprint density at radius 2 is 1.90 bits per heavy atom. The van der Waals surface area contributed by atoms with Gasteiger partial charge in [-0.3, -0.25) is 4.79 Å². The maximum atomic E-state index is 12.0. The molecule has 0 saturated heterocycles. The van der Waals surface area contributed by atoms with Crippen LogP contribution in [0.3, 0.4) is 0 Å². The van der Waals surface area contributed by atoms with Crippen molar-refractivity contribution in [3.8, 4) is 5.75 Å². The predicted octanol–water partition coefficient (Wildman–Crippen LogP) is 4.35. The highest BCUT2D eigenvalue weighted by Crippen LogP contribution is 2.26. The van der Waals surface area contributed by atoms with Crippen molar-refractivity contribution in [2.24, 2.45) is 0 Å². The molecule has 3 nitrogen and oxygen atoms in total. The zero-order valence-corrected chi connectivity index (χ0v) is 11.3. The Hall–Kier alpha value is -2.26. The molecule has 0 unspecified atom stereocenters. The highest BCUT2D eigenvalue weighted by atomic mass is 35.5. The third-order valence-electron chi connectivity index (χ3n) is 2.88. The summed E-state index contributed by atoms with van der Waals surface area (Å²) in [5, 5.41) is 1.30. The largest absolute Gasteiger partial charge is 0.485 e. The van der Waals surface area contributed by atoms with E-state index < -0.39 is 0 Å². The van der Waals surface area contributed by atoms with E-state index in [1.807, 2.05) is 30.3 Å². The molecular weight excluding hydrogens is 276 g/mol. The number of halogens is 1. The lowest BCUT2D eigenvalue weighted by molar-refractivity contribution is 0.0896. The standard InChI is InChI=1S/C16H11ClO3/c17-13-8-4-5-11-9-15(20-16(11)13)14(18)10-19-12-6-2-1-3-7-12/h1-9H,10H2. The van der Waals surface area contributed by atoms with Crippen LogP contribution < -0.4 is 4.74 Å². The Balaban J connectivity index is 1.77. The van der Waals surface area contributed by atoms with Gasteiger partial charge in [0.15, 0.2) is 18.0 Å². The molecular formula is C16H11ClO3. The fraction of sp³-hybridized carbons (Fsp3) is 0.0625. The molecule has 0 atom stereocenters. The lowest BCUT2D eigenvalue weighted by Gasteiger charge is -2.03. The van der Waals surface area contributed by atoms with Crippen LogP contribution in [0.25, 0.3) is 11.0 Å². The molecule has 1 heterocycles. The molecule has 3 aromatic rings. The minimum absolute atomic E-state index is 0.0680. The van der Waals surface area contributed by atoms with Crippen LogP contribution in [0.5, 0.6) is 5.75 Å². The van der Waals surface area contributed by atoms with Crippen molar-refractivity contribution in [3.63, 3.8) is 0 Å². The number of fused-ring (bicyclic) bond motifs is 1. The van der Waals surface area contributed by atoms with Crippen LogP contribution in [0.2, 0.25) is 5.02 Å². The van der Waals surface area contributed by atoms with E-state index in [1.165, 1.54) is 0 Å². The minimum Gasteiger partial charge on any atom is -0.485 e. The molecule has 4 heteroatoms. The first-order chi connectivity index (χ1) is 9.74. The van der Waals surface area contributed by atoms with E-state index in [0.717, 1.165) is 5.39 Å². The SMILES string of the molecule is O=C(COc1ccccc1)c1cc2cccc(Cl)c2o1. The Bertz CT molecular complexity index is 747. The summed E-state index contributed by atoms with van der Waals surface area (Å²) < 4.78 is 10.9. The number of hydrogen-bond acceptors (Lipinski definition) is 3. The summed E-state index contributed by atoms with van der Waals surface area (Å²) in [5.41, 5.74) is 0.525. The van der Waals surface area contributed by atoms with Crippen molar-refractivity contribution in [1.29, 1.82) is 0 Å². The van der Waals surface area contributed by atoms with Gasteiger partial charge in [0.2, 0.25) is 5.78 Å².